The molecule has 3 aromatic rings. The molecule has 0 aliphatic rings. The van der Waals surface area contributed by atoms with Crippen molar-refractivity contribution in [2.75, 3.05) is 11.9 Å². The number of halogens is 2. The Morgan fingerprint density at radius 2 is 1.85 bits per heavy atom. The Labute approximate surface area is 152 Å². The van der Waals surface area contributed by atoms with Crippen LogP contribution >= 0.6 is 0 Å². The summed E-state index contributed by atoms with van der Waals surface area (Å²) in [6, 6.07) is 11.2. The predicted molar refractivity (Wildman–Crippen MR) is 93.8 cm³/mol. The average Bonchev–Trinajstić information content (AvgIpc) is 3.08. The largest absolute Gasteiger partial charge is 0.458 e. The molecule has 0 saturated heterocycles. The highest BCUT2D eigenvalue weighted by Gasteiger charge is 2.29. The zero-order valence-corrected chi connectivity index (χ0v) is 14.3. The van der Waals surface area contributed by atoms with Crippen LogP contribution in [0.2, 0.25) is 0 Å². The van der Waals surface area contributed by atoms with E-state index in [4.69, 9.17) is 4.42 Å². The molecule has 2 aromatic carbocycles. The molecule has 0 aliphatic heterocycles. The van der Waals surface area contributed by atoms with Crippen LogP contribution in [0, 0.1) is 11.6 Å². The Hall–Kier alpha value is -3.26. The predicted octanol–water partition coefficient (Wildman–Crippen LogP) is 2.67. The van der Waals surface area contributed by atoms with Gasteiger partial charge in [-0.25, -0.2) is 8.78 Å². The summed E-state index contributed by atoms with van der Waals surface area (Å²) in [5.41, 5.74) is -1.48. The van der Waals surface area contributed by atoms with Crippen molar-refractivity contribution in [2.45, 2.75) is 12.5 Å². The summed E-state index contributed by atoms with van der Waals surface area (Å²) in [6.07, 6.45) is 0. The van der Waals surface area contributed by atoms with Gasteiger partial charge in [-0.1, -0.05) is 18.2 Å². The molecule has 0 bridgehead atoms. The smallest absolute Gasteiger partial charge is 0.313 e. The van der Waals surface area contributed by atoms with Gasteiger partial charge in [0.2, 0.25) is 0 Å². The summed E-state index contributed by atoms with van der Waals surface area (Å²) in [7, 11) is 0. The number of aliphatic hydroxyl groups is 1. The maximum atomic E-state index is 13.5. The second-order valence-corrected chi connectivity index (χ2v) is 6.18. The highest BCUT2D eigenvalue weighted by atomic mass is 19.1. The molecule has 3 rings (SSSR count). The van der Waals surface area contributed by atoms with E-state index in [1.165, 1.54) is 6.92 Å². The lowest BCUT2D eigenvalue weighted by molar-refractivity contribution is -0.136. The number of benzene rings is 2. The van der Waals surface area contributed by atoms with Crippen LogP contribution in [0.1, 0.15) is 12.7 Å². The molecule has 0 aliphatic carbocycles. The van der Waals surface area contributed by atoms with E-state index < -0.39 is 34.7 Å². The summed E-state index contributed by atoms with van der Waals surface area (Å²) < 4.78 is 32.2. The molecule has 1 heterocycles. The highest BCUT2D eigenvalue weighted by molar-refractivity contribution is 6.39. The van der Waals surface area contributed by atoms with Crippen molar-refractivity contribution in [3.8, 4) is 0 Å². The lowest BCUT2D eigenvalue weighted by Gasteiger charge is -2.20. The third-order valence-electron chi connectivity index (χ3n) is 3.93. The number of fused-ring (bicyclic) bond motifs is 1. The van der Waals surface area contributed by atoms with Crippen molar-refractivity contribution in [3.63, 3.8) is 0 Å². The van der Waals surface area contributed by atoms with E-state index >= 15 is 0 Å². The number of amides is 2. The van der Waals surface area contributed by atoms with Gasteiger partial charge in [0.15, 0.2) is 0 Å². The van der Waals surface area contributed by atoms with Gasteiger partial charge in [0.05, 0.1) is 12.2 Å². The van der Waals surface area contributed by atoms with E-state index in [-0.39, 0.29) is 12.3 Å². The van der Waals surface area contributed by atoms with Gasteiger partial charge in [0.25, 0.3) is 0 Å². The summed E-state index contributed by atoms with van der Waals surface area (Å²) in [5, 5.41) is 15.5. The maximum Gasteiger partial charge on any atom is 0.313 e. The van der Waals surface area contributed by atoms with E-state index in [1.807, 2.05) is 11.4 Å². The van der Waals surface area contributed by atoms with Crippen LogP contribution in [-0.2, 0) is 15.2 Å². The van der Waals surface area contributed by atoms with Gasteiger partial charge in [0.1, 0.15) is 28.6 Å². The molecule has 2 amide bonds. The first kappa shape index (κ1) is 18.5. The van der Waals surface area contributed by atoms with Crippen LogP contribution < -0.4 is 10.6 Å². The molecule has 0 saturated carbocycles. The van der Waals surface area contributed by atoms with Crippen molar-refractivity contribution < 1.29 is 27.9 Å². The first-order valence-electron chi connectivity index (χ1n) is 8.02. The van der Waals surface area contributed by atoms with Crippen molar-refractivity contribution in [2.24, 2.45) is 0 Å². The van der Waals surface area contributed by atoms with Gasteiger partial charge in [-0.3, -0.25) is 9.59 Å². The zero-order valence-electron chi connectivity index (χ0n) is 14.3. The van der Waals surface area contributed by atoms with Crippen molar-refractivity contribution >= 4 is 28.5 Å². The zero-order chi connectivity index (χ0) is 19.6. The standard InChI is InChI=1S/C19H16F2N2O4/c1-19(26,16-8-11-4-2-3-5-15(11)27-16)10-22-17(24)18(25)23-14-9-12(20)6-7-13(14)21/h2-9,26H,10H2,1H3,(H,22,24)(H,23,25). The monoisotopic (exact) mass is 374 g/mol. The molecule has 3 N–H and O–H groups in total. The number of hydrogen-bond donors (Lipinski definition) is 3. The number of anilines is 1. The Morgan fingerprint density at radius 3 is 2.59 bits per heavy atom. The van der Waals surface area contributed by atoms with Crippen molar-refractivity contribution in [1.82, 2.24) is 5.32 Å². The van der Waals surface area contributed by atoms with E-state index in [9.17, 15) is 23.5 Å². The van der Waals surface area contributed by atoms with E-state index in [0.29, 0.717) is 5.58 Å². The highest BCUT2D eigenvalue weighted by Crippen LogP contribution is 2.27. The van der Waals surface area contributed by atoms with Crippen LogP contribution in [0.4, 0.5) is 14.5 Å². The Morgan fingerprint density at radius 1 is 1.11 bits per heavy atom. The topological polar surface area (TPSA) is 91.6 Å². The fourth-order valence-corrected chi connectivity index (χ4v) is 2.44. The fraction of sp³-hybridized carbons (Fsp3) is 0.158. The second kappa shape index (κ2) is 7.16. The van der Waals surface area contributed by atoms with Crippen molar-refractivity contribution in [3.05, 3.63) is 65.9 Å². The summed E-state index contributed by atoms with van der Waals surface area (Å²) in [4.78, 5) is 23.8. The van der Waals surface area contributed by atoms with Crippen LogP contribution in [0.15, 0.2) is 52.9 Å². The molecule has 0 fully saturated rings. The van der Waals surface area contributed by atoms with Gasteiger partial charge in [-0.2, -0.15) is 0 Å². The van der Waals surface area contributed by atoms with Crippen LogP contribution in [0.25, 0.3) is 11.0 Å². The fourth-order valence-electron chi connectivity index (χ4n) is 2.44. The SMILES string of the molecule is CC(O)(CNC(=O)C(=O)Nc1cc(F)ccc1F)c1cc2ccccc2o1. The minimum absolute atomic E-state index is 0.209. The van der Waals surface area contributed by atoms with E-state index in [0.717, 1.165) is 23.6 Å². The molecule has 0 radical (unpaired) electrons. The molecule has 140 valence electrons. The van der Waals surface area contributed by atoms with Gasteiger partial charge in [-0.15, -0.1) is 0 Å². The Bertz CT molecular complexity index is 981. The number of para-hydroxylation sites is 1. The first-order valence-corrected chi connectivity index (χ1v) is 8.02. The van der Waals surface area contributed by atoms with Gasteiger partial charge >= 0.3 is 11.8 Å². The Kier molecular flexibility index (Phi) is 4.91. The average molecular weight is 374 g/mol. The van der Waals surface area contributed by atoms with Gasteiger partial charge < -0.3 is 20.2 Å². The summed E-state index contributed by atoms with van der Waals surface area (Å²) in [6.45, 7) is 1.08. The number of hydrogen-bond acceptors (Lipinski definition) is 4. The Balaban J connectivity index is 1.65. The third-order valence-corrected chi connectivity index (χ3v) is 3.93. The quantitative estimate of drug-likeness (QED) is 0.613. The molecule has 1 unspecified atom stereocenters. The minimum atomic E-state index is -1.58. The maximum absolute atomic E-state index is 13.5. The van der Waals surface area contributed by atoms with Gasteiger partial charge in [-0.05, 0) is 31.2 Å². The summed E-state index contributed by atoms with van der Waals surface area (Å²) in [5.74, 6) is -3.75. The number of furan rings is 1. The molecular weight excluding hydrogens is 358 g/mol. The number of carbonyl (C=O) groups excluding carboxylic acids is 2. The van der Waals surface area contributed by atoms with Crippen LogP contribution in [0.5, 0.6) is 0 Å². The molecule has 27 heavy (non-hydrogen) atoms. The van der Waals surface area contributed by atoms with E-state index in [1.54, 1.807) is 24.3 Å². The third kappa shape index (κ3) is 4.12. The molecule has 1 atom stereocenters. The molecule has 1 aromatic heterocycles. The normalized spacial score (nSPS) is 13.2. The molecular formula is C19H16F2N2O4. The first-order chi connectivity index (χ1) is 12.8. The number of rotatable bonds is 4. The molecule has 6 nitrogen and oxygen atoms in total. The second-order valence-electron chi connectivity index (χ2n) is 6.18. The molecule has 0 spiro atoms. The lowest BCUT2D eigenvalue weighted by Crippen LogP contribution is -2.43. The number of carbonyl (C=O) groups is 2. The summed E-state index contributed by atoms with van der Waals surface area (Å²) >= 11 is 0. The molecule has 8 heteroatoms. The minimum Gasteiger partial charge on any atom is -0.458 e. The van der Waals surface area contributed by atoms with E-state index in [2.05, 4.69) is 5.32 Å². The lowest BCUT2D eigenvalue weighted by atomic mass is 10.0. The number of nitrogens with one attached hydrogen (secondary N) is 2. The van der Waals surface area contributed by atoms with Gasteiger partial charge in [0, 0.05) is 11.5 Å². The van der Waals surface area contributed by atoms with Crippen LogP contribution in [0.3, 0.4) is 0 Å². The van der Waals surface area contributed by atoms with Crippen LogP contribution in [-0.4, -0.2) is 23.5 Å². The van der Waals surface area contributed by atoms with Crippen molar-refractivity contribution in [1.29, 1.82) is 0 Å².